The molecule has 3 aromatic carbocycles. The van der Waals surface area contributed by atoms with Crippen LogP contribution >= 0.6 is 11.6 Å². The second-order valence-corrected chi connectivity index (χ2v) is 11.2. The van der Waals surface area contributed by atoms with Crippen LogP contribution in [0.2, 0.25) is 5.02 Å². The Hall–Kier alpha value is -4.30. The van der Waals surface area contributed by atoms with Crippen molar-refractivity contribution < 1.29 is 23.6 Å². The second-order valence-electron chi connectivity index (χ2n) is 10.8. The molecule has 0 atom stereocenters. The first-order valence-electron chi connectivity index (χ1n) is 13.8. The summed E-state index contributed by atoms with van der Waals surface area (Å²) in [7, 11) is 0. The Morgan fingerprint density at radius 2 is 1.81 bits per heavy atom. The number of nitrogens with one attached hydrogen (secondary N) is 1. The Balaban J connectivity index is 1.30. The fourth-order valence-corrected chi connectivity index (χ4v) is 5.30. The molecule has 0 radical (unpaired) electrons. The molecule has 5 rings (SSSR count). The molecule has 1 N–H and O–H groups in total. The third-order valence-electron chi connectivity index (χ3n) is 7.46. The Labute approximate surface area is 248 Å². The smallest absolute Gasteiger partial charge is 0.243 e. The van der Waals surface area contributed by atoms with Crippen molar-refractivity contribution in [1.82, 2.24) is 14.8 Å². The summed E-state index contributed by atoms with van der Waals surface area (Å²) >= 11 is 5.83. The lowest BCUT2D eigenvalue weighted by molar-refractivity contribution is -0.137. The summed E-state index contributed by atoms with van der Waals surface area (Å²) in [5, 5.41) is 3.32. The van der Waals surface area contributed by atoms with Crippen molar-refractivity contribution in [3.63, 3.8) is 0 Å². The third-order valence-corrected chi connectivity index (χ3v) is 7.76. The van der Waals surface area contributed by atoms with Gasteiger partial charge in [-0.15, -0.1) is 0 Å². The maximum absolute atomic E-state index is 14.2. The maximum atomic E-state index is 14.2. The minimum absolute atomic E-state index is 0.0199. The predicted octanol–water partition coefficient (Wildman–Crippen LogP) is 5.68. The fourth-order valence-electron chi connectivity index (χ4n) is 5.10. The number of amides is 2. The lowest BCUT2D eigenvalue weighted by atomic mass is 9.99. The number of halogens is 2. The number of aromatic nitrogens is 1. The SMILES string of the molecule is CC(=O)c1cn(CC(=O)N(CC(=O)NCc2cccc(Cl)c2F)C2CC2)c2ccc(CC(=O)c3cccc(C)c3)cc12. The highest BCUT2D eigenvalue weighted by atomic mass is 35.5. The minimum atomic E-state index is -0.585. The van der Waals surface area contributed by atoms with Crippen molar-refractivity contribution in [1.29, 1.82) is 0 Å². The van der Waals surface area contributed by atoms with E-state index in [0.29, 0.717) is 22.0 Å². The van der Waals surface area contributed by atoms with Crippen LogP contribution in [-0.2, 0) is 29.1 Å². The van der Waals surface area contributed by atoms with Crippen molar-refractivity contribution in [2.24, 2.45) is 0 Å². The van der Waals surface area contributed by atoms with E-state index in [1.54, 1.807) is 29.0 Å². The Morgan fingerprint density at radius 1 is 1.05 bits per heavy atom. The van der Waals surface area contributed by atoms with Crippen molar-refractivity contribution in [2.45, 2.75) is 52.2 Å². The normalized spacial score (nSPS) is 12.8. The minimum Gasteiger partial charge on any atom is -0.350 e. The van der Waals surface area contributed by atoms with Gasteiger partial charge in [0.2, 0.25) is 11.8 Å². The molecule has 1 heterocycles. The maximum Gasteiger partial charge on any atom is 0.243 e. The van der Waals surface area contributed by atoms with Crippen molar-refractivity contribution in [2.75, 3.05) is 6.54 Å². The summed E-state index contributed by atoms with van der Waals surface area (Å²) < 4.78 is 15.9. The summed E-state index contributed by atoms with van der Waals surface area (Å²) in [5.41, 5.74) is 3.82. The molecule has 2 amide bonds. The standard InChI is InChI=1S/C33H31ClFN3O4/c1-20-5-3-6-23(13-20)30(40)15-22-9-12-29-26(14-22)27(21(2)39)17-37(29)19-32(42)38(25-10-11-25)18-31(41)36-16-24-7-4-8-28(34)33(24)35/h3-9,12-14,17,25H,10-11,15-16,18-19H2,1-2H3,(H,36,41). The van der Waals surface area contributed by atoms with Gasteiger partial charge >= 0.3 is 0 Å². The molecule has 0 unspecified atom stereocenters. The van der Waals surface area contributed by atoms with E-state index in [1.807, 2.05) is 43.3 Å². The van der Waals surface area contributed by atoms with E-state index < -0.39 is 11.7 Å². The highest BCUT2D eigenvalue weighted by Crippen LogP contribution is 2.29. The molecule has 1 aliphatic rings. The molecule has 0 aliphatic heterocycles. The van der Waals surface area contributed by atoms with Gasteiger partial charge in [0.15, 0.2) is 11.6 Å². The topological polar surface area (TPSA) is 88.5 Å². The van der Waals surface area contributed by atoms with E-state index in [-0.39, 0.29) is 60.2 Å². The molecule has 9 heteroatoms. The first kappa shape index (κ1) is 29.2. The number of carbonyl (C=O) groups excluding carboxylic acids is 4. The number of hydrogen-bond acceptors (Lipinski definition) is 4. The van der Waals surface area contributed by atoms with Gasteiger partial charge in [0.25, 0.3) is 0 Å². The number of fused-ring (bicyclic) bond motifs is 1. The third kappa shape index (κ3) is 6.60. The van der Waals surface area contributed by atoms with Crippen LogP contribution in [0.15, 0.2) is 66.9 Å². The molecular weight excluding hydrogens is 557 g/mol. The monoisotopic (exact) mass is 587 g/mol. The number of hydrogen-bond donors (Lipinski definition) is 1. The van der Waals surface area contributed by atoms with Crippen LogP contribution in [0.1, 0.15) is 57.2 Å². The number of Topliss-reactive ketones (excluding diaryl/α,β-unsaturated/α-hetero) is 2. The molecule has 0 saturated heterocycles. The van der Waals surface area contributed by atoms with Crippen LogP contribution in [0.25, 0.3) is 10.9 Å². The van der Waals surface area contributed by atoms with E-state index in [4.69, 9.17) is 11.6 Å². The van der Waals surface area contributed by atoms with E-state index in [0.717, 1.165) is 24.0 Å². The summed E-state index contributed by atoms with van der Waals surface area (Å²) in [6, 6.07) is 17.5. The van der Waals surface area contributed by atoms with E-state index >= 15 is 0 Å². The highest BCUT2D eigenvalue weighted by molar-refractivity contribution is 6.30. The van der Waals surface area contributed by atoms with Gasteiger partial charge in [-0.05, 0) is 56.5 Å². The summed E-state index contributed by atoms with van der Waals surface area (Å²) in [5.74, 6) is -1.42. The molecule has 1 aliphatic carbocycles. The zero-order valence-corrected chi connectivity index (χ0v) is 24.2. The lowest BCUT2D eigenvalue weighted by Gasteiger charge is -2.22. The number of ketones is 2. The number of nitrogens with zero attached hydrogens (tertiary/aromatic N) is 2. The Bertz CT molecular complexity index is 1710. The molecule has 0 bridgehead atoms. The van der Waals surface area contributed by atoms with Gasteiger partial charge in [0.05, 0.1) is 11.6 Å². The van der Waals surface area contributed by atoms with Gasteiger partial charge in [0, 0.05) is 52.8 Å². The fraction of sp³-hybridized carbons (Fsp3) is 0.273. The highest BCUT2D eigenvalue weighted by Gasteiger charge is 2.34. The predicted molar refractivity (Wildman–Crippen MR) is 159 cm³/mol. The molecule has 7 nitrogen and oxygen atoms in total. The van der Waals surface area contributed by atoms with Gasteiger partial charge in [-0.25, -0.2) is 4.39 Å². The number of benzene rings is 3. The lowest BCUT2D eigenvalue weighted by Crippen LogP contribution is -2.43. The quantitative estimate of drug-likeness (QED) is 0.229. The molecule has 4 aromatic rings. The average Bonchev–Trinajstić information content (AvgIpc) is 3.74. The molecule has 1 aromatic heterocycles. The van der Waals surface area contributed by atoms with Crippen molar-refractivity contribution in [3.05, 3.63) is 106 Å². The van der Waals surface area contributed by atoms with Crippen LogP contribution < -0.4 is 5.32 Å². The van der Waals surface area contributed by atoms with Gasteiger partial charge in [0.1, 0.15) is 12.4 Å². The molecular formula is C33H31ClFN3O4. The first-order valence-corrected chi connectivity index (χ1v) is 14.2. The largest absolute Gasteiger partial charge is 0.350 e. The molecule has 42 heavy (non-hydrogen) atoms. The van der Waals surface area contributed by atoms with Crippen molar-refractivity contribution in [3.8, 4) is 0 Å². The first-order chi connectivity index (χ1) is 20.1. The van der Waals surface area contributed by atoms with E-state index in [2.05, 4.69) is 5.32 Å². The van der Waals surface area contributed by atoms with E-state index in [9.17, 15) is 23.6 Å². The summed E-state index contributed by atoms with van der Waals surface area (Å²) in [4.78, 5) is 53.1. The molecule has 0 spiro atoms. The van der Waals surface area contributed by atoms with Crippen LogP contribution in [0.4, 0.5) is 4.39 Å². The summed E-state index contributed by atoms with van der Waals surface area (Å²) in [6.07, 6.45) is 3.44. The zero-order valence-electron chi connectivity index (χ0n) is 23.5. The van der Waals surface area contributed by atoms with Gasteiger partial charge in [-0.3, -0.25) is 19.2 Å². The summed E-state index contributed by atoms with van der Waals surface area (Å²) in [6.45, 7) is 3.14. The number of aryl methyl sites for hydroxylation is 1. The van der Waals surface area contributed by atoms with Gasteiger partial charge < -0.3 is 14.8 Å². The van der Waals surface area contributed by atoms with Crippen LogP contribution in [0.5, 0.6) is 0 Å². The number of carbonyl (C=O) groups is 4. The molecule has 1 fully saturated rings. The molecule has 1 saturated carbocycles. The van der Waals surface area contributed by atoms with Crippen molar-refractivity contribution >= 4 is 45.9 Å². The van der Waals surface area contributed by atoms with Crippen LogP contribution in [-0.4, -0.2) is 45.4 Å². The van der Waals surface area contributed by atoms with Gasteiger partial charge in [-0.1, -0.05) is 53.6 Å². The van der Waals surface area contributed by atoms with Gasteiger partial charge in [-0.2, -0.15) is 0 Å². The Kier molecular flexibility index (Phi) is 8.54. The van der Waals surface area contributed by atoms with E-state index in [1.165, 1.54) is 17.9 Å². The Morgan fingerprint density at radius 3 is 2.52 bits per heavy atom. The van der Waals surface area contributed by atoms with Crippen LogP contribution in [0.3, 0.4) is 0 Å². The van der Waals surface area contributed by atoms with Crippen LogP contribution in [0, 0.1) is 12.7 Å². The zero-order chi connectivity index (χ0) is 30.0. The second kappa shape index (κ2) is 12.3. The molecule has 216 valence electrons. The number of rotatable bonds is 11. The average molecular weight is 588 g/mol.